The number of thioether (sulfide) groups is 1. The molecule has 2 atom stereocenters. The fourth-order valence-electron chi connectivity index (χ4n) is 2.56. The highest BCUT2D eigenvalue weighted by molar-refractivity contribution is 8.00. The van der Waals surface area contributed by atoms with Crippen molar-refractivity contribution in [2.24, 2.45) is 5.73 Å². The van der Waals surface area contributed by atoms with Crippen LogP contribution < -0.4 is 5.73 Å². The first-order valence-corrected chi connectivity index (χ1v) is 8.19. The molecule has 1 saturated carbocycles. The molecule has 1 aromatic rings. The van der Waals surface area contributed by atoms with Gasteiger partial charge in [0, 0.05) is 21.6 Å². The molecule has 2 rings (SSSR count). The van der Waals surface area contributed by atoms with E-state index >= 15 is 0 Å². The van der Waals surface area contributed by atoms with Gasteiger partial charge in [-0.25, -0.2) is 0 Å². The first kappa shape index (κ1) is 14.2. The summed E-state index contributed by atoms with van der Waals surface area (Å²) in [5.74, 6) is 0. The lowest BCUT2D eigenvalue weighted by Crippen LogP contribution is -2.27. The number of rotatable bonds is 5. The van der Waals surface area contributed by atoms with Crippen molar-refractivity contribution in [3.8, 4) is 0 Å². The minimum absolute atomic E-state index is 0.217. The molecule has 0 bridgehead atoms. The van der Waals surface area contributed by atoms with Crippen LogP contribution in [0.15, 0.2) is 24.3 Å². The maximum absolute atomic E-state index is 6.31. The summed E-state index contributed by atoms with van der Waals surface area (Å²) in [5.41, 5.74) is 7.60. The maximum atomic E-state index is 6.31. The van der Waals surface area contributed by atoms with Crippen LogP contribution in [0.25, 0.3) is 0 Å². The zero-order valence-electron chi connectivity index (χ0n) is 10.9. The van der Waals surface area contributed by atoms with Crippen molar-refractivity contribution >= 4 is 23.4 Å². The smallest absolute Gasteiger partial charge is 0.0451 e. The summed E-state index contributed by atoms with van der Waals surface area (Å²) >= 11 is 8.17. The normalized spacial score (nSPS) is 19.9. The Morgan fingerprint density at radius 1 is 1.39 bits per heavy atom. The van der Waals surface area contributed by atoms with Gasteiger partial charge in [0.15, 0.2) is 0 Å². The average Bonchev–Trinajstić information content (AvgIpc) is 2.88. The molecule has 1 aromatic carbocycles. The van der Waals surface area contributed by atoms with Gasteiger partial charge in [0.1, 0.15) is 0 Å². The van der Waals surface area contributed by atoms with E-state index in [4.69, 9.17) is 17.3 Å². The fraction of sp³-hybridized carbons (Fsp3) is 0.600. The van der Waals surface area contributed by atoms with Gasteiger partial charge in [0.25, 0.3) is 0 Å². The maximum Gasteiger partial charge on any atom is 0.0451 e. The zero-order valence-corrected chi connectivity index (χ0v) is 12.5. The summed E-state index contributed by atoms with van der Waals surface area (Å²) < 4.78 is 0. The first-order chi connectivity index (χ1) is 8.70. The van der Waals surface area contributed by atoms with Gasteiger partial charge in [-0.1, -0.05) is 43.5 Å². The Hall–Kier alpha value is -0.180. The average molecular weight is 284 g/mol. The van der Waals surface area contributed by atoms with Crippen molar-refractivity contribution in [2.45, 2.75) is 55.6 Å². The molecule has 2 N–H and O–H groups in total. The molecule has 1 aliphatic rings. The Bertz CT molecular complexity index is 377. The van der Waals surface area contributed by atoms with Crippen LogP contribution in [-0.2, 0) is 0 Å². The third-order valence-corrected chi connectivity index (χ3v) is 5.69. The Morgan fingerprint density at radius 3 is 2.72 bits per heavy atom. The third-order valence-electron chi connectivity index (χ3n) is 3.68. The topological polar surface area (TPSA) is 26.0 Å². The third kappa shape index (κ3) is 3.66. The molecule has 0 spiro atoms. The number of hydrogen-bond donors (Lipinski definition) is 1. The van der Waals surface area contributed by atoms with E-state index in [9.17, 15) is 0 Å². The minimum Gasteiger partial charge on any atom is -0.326 e. The van der Waals surface area contributed by atoms with Gasteiger partial charge in [0.05, 0.1) is 0 Å². The van der Waals surface area contributed by atoms with Crippen LogP contribution in [0.5, 0.6) is 0 Å². The van der Waals surface area contributed by atoms with E-state index in [-0.39, 0.29) is 6.04 Å². The van der Waals surface area contributed by atoms with E-state index in [1.165, 1.54) is 31.2 Å². The lowest BCUT2D eigenvalue weighted by Gasteiger charge is -2.26. The Balaban J connectivity index is 2.13. The van der Waals surface area contributed by atoms with Gasteiger partial charge in [-0.3, -0.25) is 0 Å². The van der Waals surface area contributed by atoms with Crippen LogP contribution in [0.1, 0.15) is 49.8 Å². The Labute approximate surface area is 119 Å². The van der Waals surface area contributed by atoms with E-state index in [0.717, 1.165) is 16.7 Å². The van der Waals surface area contributed by atoms with Gasteiger partial charge in [-0.15, -0.1) is 11.8 Å². The largest absolute Gasteiger partial charge is 0.326 e. The van der Waals surface area contributed by atoms with Crippen LogP contribution >= 0.6 is 23.4 Å². The predicted molar refractivity (Wildman–Crippen MR) is 82.3 cm³/mol. The van der Waals surface area contributed by atoms with Gasteiger partial charge in [-0.05, 0) is 37.0 Å². The van der Waals surface area contributed by atoms with E-state index in [0.29, 0.717) is 5.25 Å². The van der Waals surface area contributed by atoms with Gasteiger partial charge in [0.2, 0.25) is 0 Å². The lowest BCUT2D eigenvalue weighted by molar-refractivity contribution is 0.631. The number of benzene rings is 1. The molecule has 1 fully saturated rings. The molecule has 1 nitrogen and oxygen atoms in total. The lowest BCUT2D eigenvalue weighted by atomic mass is 10.0. The van der Waals surface area contributed by atoms with Crippen LogP contribution in [0.2, 0.25) is 5.02 Å². The van der Waals surface area contributed by atoms with Crippen LogP contribution in [0, 0.1) is 0 Å². The van der Waals surface area contributed by atoms with Crippen LogP contribution in [0.4, 0.5) is 0 Å². The summed E-state index contributed by atoms with van der Waals surface area (Å²) in [5, 5.41) is 1.98. The van der Waals surface area contributed by atoms with Gasteiger partial charge < -0.3 is 5.73 Å². The molecule has 0 aromatic heterocycles. The molecule has 1 aliphatic carbocycles. The van der Waals surface area contributed by atoms with Crippen molar-refractivity contribution in [1.29, 1.82) is 0 Å². The molecule has 0 amide bonds. The van der Waals surface area contributed by atoms with E-state index in [1.54, 1.807) is 0 Å². The second kappa shape index (κ2) is 6.83. The first-order valence-electron chi connectivity index (χ1n) is 6.87. The molecular formula is C15H22ClNS. The molecule has 3 heteroatoms. The predicted octanol–water partition coefficient (Wildman–Crippen LogP) is 4.79. The minimum atomic E-state index is 0.217. The quantitative estimate of drug-likeness (QED) is 0.840. The van der Waals surface area contributed by atoms with E-state index in [1.807, 2.05) is 12.1 Å². The van der Waals surface area contributed by atoms with E-state index < -0.39 is 0 Å². The molecule has 18 heavy (non-hydrogen) atoms. The highest BCUT2D eigenvalue weighted by Gasteiger charge is 2.25. The van der Waals surface area contributed by atoms with Crippen molar-refractivity contribution < 1.29 is 0 Å². The highest BCUT2D eigenvalue weighted by atomic mass is 35.5. The summed E-state index contributed by atoms with van der Waals surface area (Å²) in [6.45, 7) is 2.16. The molecule has 0 radical (unpaired) electrons. The van der Waals surface area contributed by atoms with Gasteiger partial charge >= 0.3 is 0 Å². The molecule has 2 unspecified atom stereocenters. The number of nitrogens with two attached hydrogens (primary N) is 1. The molecular weight excluding hydrogens is 262 g/mol. The molecule has 0 saturated heterocycles. The number of hydrogen-bond acceptors (Lipinski definition) is 2. The van der Waals surface area contributed by atoms with Crippen molar-refractivity contribution in [2.75, 3.05) is 0 Å². The SMILES string of the molecule is CCC(N)C(SC1CCCC1)c1cccc(Cl)c1. The summed E-state index contributed by atoms with van der Waals surface area (Å²) in [7, 11) is 0. The van der Waals surface area contributed by atoms with E-state index in [2.05, 4.69) is 30.8 Å². The van der Waals surface area contributed by atoms with Crippen molar-refractivity contribution in [1.82, 2.24) is 0 Å². The Kier molecular flexibility index (Phi) is 5.40. The van der Waals surface area contributed by atoms with Crippen LogP contribution in [0.3, 0.4) is 0 Å². The zero-order chi connectivity index (χ0) is 13.0. The van der Waals surface area contributed by atoms with Crippen LogP contribution in [-0.4, -0.2) is 11.3 Å². The second-order valence-electron chi connectivity index (χ2n) is 5.09. The monoisotopic (exact) mass is 283 g/mol. The molecule has 0 aliphatic heterocycles. The Morgan fingerprint density at radius 2 is 2.11 bits per heavy atom. The summed E-state index contributed by atoms with van der Waals surface area (Å²) in [6, 6.07) is 8.41. The summed E-state index contributed by atoms with van der Waals surface area (Å²) in [6.07, 6.45) is 6.45. The number of halogens is 1. The summed E-state index contributed by atoms with van der Waals surface area (Å²) in [4.78, 5) is 0. The fourth-order valence-corrected chi connectivity index (χ4v) is 4.47. The second-order valence-corrected chi connectivity index (χ2v) is 6.97. The van der Waals surface area contributed by atoms with Crippen molar-refractivity contribution in [3.63, 3.8) is 0 Å². The molecule has 0 heterocycles. The highest BCUT2D eigenvalue weighted by Crippen LogP contribution is 2.41. The van der Waals surface area contributed by atoms with Gasteiger partial charge in [-0.2, -0.15) is 0 Å². The molecule has 100 valence electrons. The standard InChI is InChI=1S/C15H22ClNS/c1-2-14(17)15(18-13-8-3-4-9-13)11-6-5-7-12(16)10-11/h5-7,10,13-15H,2-4,8-9,17H2,1H3. The van der Waals surface area contributed by atoms with Crippen molar-refractivity contribution in [3.05, 3.63) is 34.9 Å².